The highest BCUT2D eigenvalue weighted by atomic mass is 31.2. The summed E-state index contributed by atoms with van der Waals surface area (Å²) in [6.07, 6.45) is 16.5. The Labute approximate surface area is 228 Å². The number of hydrogen-bond acceptors (Lipinski definition) is 6. The van der Waals surface area contributed by atoms with E-state index < -0.39 is 13.7 Å². The molecule has 0 heterocycles. The van der Waals surface area contributed by atoms with Gasteiger partial charge in [0.25, 0.3) is 0 Å². The minimum absolute atomic E-state index is 0.0567. The average molecular weight is 550 g/mol. The quantitative estimate of drug-likeness (QED) is 0.0641. The van der Waals surface area contributed by atoms with Crippen LogP contribution in [-0.2, 0) is 23.4 Å². The van der Waals surface area contributed by atoms with Crippen molar-refractivity contribution in [3.63, 3.8) is 0 Å². The van der Waals surface area contributed by atoms with Crippen molar-refractivity contribution in [1.82, 2.24) is 4.90 Å². The molecule has 3 unspecified atom stereocenters. The largest absolute Gasteiger partial charge is 0.457 e. The van der Waals surface area contributed by atoms with Crippen LogP contribution in [0.25, 0.3) is 0 Å². The van der Waals surface area contributed by atoms with E-state index in [0.29, 0.717) is 19.1 Å². The Morgan fingerprint density at radius 2 is 1.43 bits per heavy atom. The van der Waals surface area contributed by atoms with E-state index in [1.54, 1.807) is 6.92 Å². The fourth-order valence-corrected chi connectivity index (χ4v) is 5.46. The van der Waals surface area contributed by atoms with Crippen molar-refractivity contribution in [3.05, 3.63) is 0 Å². The lowest BCUT2D eigenvalue weighted by Gasteiger charge is -2.22. The van der Waals surface area contributed by atoms with E-state index in [0.717, 1.165) is 25.9 Å². The van der Waals surface area contributed by atoms with E-state index in [9.17, 15) is 14.3 Å². The lowest BCUT2D eigenvalue weighted by molar-refractivity contribution is -0.154. The molecule has 0 aliphatic rings. The molecule has 0 aliphatic carbocycles. The van der Waals surface area contributed by atoms with Crippen molar-refractivity contribution in [2.45, 2.75) is 131 Å². The molecule has 0 aromatic rings. The normalized spacial score (nSPS) is 15.0. The van der Waals surface area contributed by atoms with E-state index in [2.05, 4.69) is 18.7 Å². The molecule has 0 rings (SSSR count). The van der Waals surface area contributed by atoms with Crippen LogP contribution in [-0.4, -0.2) is 67.5 Å². The van der Waals surface area contributed by atoms with Crippen molar-refractivity contribution in [3.8, 4) is 0 Å². The average Bonchev–Trinajstić information content (AvgIpc) is 2.89. The van der Waals surface area contributed by atoms with Crippen LogP contribution in [0, 0.1) is 5.92 Å². The van der Waals surface area contributed by atoms with Gasteiger partial charge in [0.1, 0.15) is 6.10 Å². The highest BCUT2D eigenvalue weighted by Gasteiger charge is 2.24. The van der Waals surface area contributed by atoms with E-state index in [1.807, 2.05) is 13.8 Å². The molecule has 0 aliphatic heterocycles. The summed E-state index contributed by atoms with van der Waals surface area (Å²) < 4.78 is 29.0. The Hall–Kier alpha value is -0.460. The summed E-state index contributed by atoms with van der Waals surface area (Å²) in [4.78, 5) is 24.1. The summed E-state index contributed by atoms with van der Waals surface area (Å²) in [6.45, 7) is 13.0. The number of carbonyl (C=O) groups excluding carboxylic acids is 1. The van der Waals surface area contributed by atoms with Crippen LogP contribution in [0.1, 0.15) is 125 Å². The number of hydrogen-bond donors (Lipinski definition) is 1. The molecule has 1 N–H and O–H groups in total. The second kappa shape index (κ2) is 24.6. The van der Waals surface area contributed by atoms with Crippen LogP contribution in [0.2, 0.25) is 0 Å². The third-order valence-corrected chi connectivity index (χ3v) is 8.48. The Morgan fingerprint density at radius 3 is 1.97 bits per heavy atom. The molecule has 0 bridgehead atoms. The van der Waals surface area contributed by atoms with Crippen molar-refractivity contribution in [2.24, 2.45) is 5.92 Å². The van der Waals surface area contributed by atoms with Crippen molar-refractivity contribution in [2.75, 3.05) is 45.6 Å². The summed E-state index contributed by atoms with van der Waals surface area (Å²) in [6, 6.07) is 0. The second-order valence-electron chi connectivity index (χ2n) is 10.3. The molecule has 7 nitrogen and oxygen atoms in total. The topological polar surface area (TPSA) is 85.3 Å². The Balaban J connectivity index is 4.21. The maximum atomic E-state index is 12.4. The van der Waals surface area contributed by atoms with Crippen LogP contribution in [0.15, 0.2) is 0 Å². The van der Waals surface area contributed by atoms with E-state index in [-0.39, 0.29) is 31.8 Å². The molecule has 8 heteroatoms. The molecular formula is C29H60NO6P. The summed E-state index contributed by atoms with van der Waals surface area (Å²) >= 11 is 0. The zero-order valence-corrected chi connectivity index (χ0v) is 25.8. The minimum Gasteiger partial charge on any atom is -0.457 e. The van der Waals surface area contributed by atoms with E-state index in [4.69, 9.17) is 14.0 Å². The van der Waals surface area contributed by atoms with Gasteiger partial charge in [0.2, 0.25) is 0 Å². The van der Waals surface area contributed by atoms with Gasteiger partial charge in [-0.2, -0.15) is 0 Å². The fourth-order valence-electron chi connectivity index (χ4n) is 4.39. The predicted octanol–water partition coefficient (Wildman–Crippen LogP) is 7.60. The molecule has 0 aromatic carbocycles. The third kappa shape index (κ3) is 22.1. The second-order valence-corrected chi connectivity index (χ2v) is 12.2. The van der Waals surface area contributed by atoms with Crippen molar-refractivity contribution >= 4 is 13.6 Å². The molecule has 0 spiro atoms. The van der Waals surface area contributed by atoms with Crippen LogP contribution in [0.3, 0.4) is 0 Å². The van der Waals surface area contributed by atoms with Crippen LogP contribution < -0.4 is 0 Å². The summed E-state index contributed by atoms with van der Waals surface area (Å²) in [5.74, 6) is 0.278. The number of nitrogens with zero attached hydrogens (tertiary/aromatic N) is 1. The van der Waals surface area contributed by atoms with Crippen molar-refractivity contribution < 1.29 is 28.3 Å². The lowest BCUT2D eigenvalue weighted by atomic mass is 9.95. The SMILES string of the molecule is CCCCCCCCCCCCC(CC)CCOCC(COP(=O)(O)CCN(CC)CC)OC(=O)CC. The first-order chi connectivity index (χ1) is 17.8. The number of ether oxygens (including phenoxy) is 2. The number of carbonyl (C=O) groups is 1. The molecule has 222 valence electrons. The third-order valence-electron chi connectivity index (χ3n) is 7.16. The molecule has 0 fully saturated rings. The molecular weight excluding hydrogens is 489 g/mol. The molecule has 0 amide bonds. The summed E-state index contributed by atoms with van der Waals surface area (Å²) in [7, 11) is -3.76. The van der Waals surface area contributed by atoms with Gasteiger partial charge in [0.15, 0.2) is 0 Å². The summed E-state index contributed by atoms with van der Waals surface area (Å²) in [5.41, 5.74) is 0. The zero-order chi connectivity index (χ0) is 27.8. The van der Waals surface area contributed by atoms with Gasteiger partial charge in [-0.1, -0.05) is 112 Å². The Kier molecular flexibility index (Phi) is 24.3. The molecule has 0 saturated heterocycles. The predicted molar refractivity (Wildman–Crippen MR) is 154 cm³/mol. The van der Waals surface area contributed by atoms with E-state index >= 15 is 0 Å². The first kappa shape index (κ1) is 36.5. The van der Waals surface area contributed by atoms with Gasteiger partial charge in [0.05, 0.1) is 19.4 Å². The van der Waals surface area contributed by atoms with Gasteiger partial charge >= 0.3 is 13.6 Å². The van der Waals surface area contributed by atoms with Gasteiger partial charge < -0.3 is 23.8 Å². The Morgan fingerprint density at radius 1 is 0.838 bits per heavy atom. The fraction of sp³-hybridized carbons (Fsp3) is 0.966. The van der Waals surface area contributed by atoms with Gasteiger partial charge in [-0.05, 0) is 25.4 Å². The first-order valence-electron chi connectivity index (χ1n) is 15.3. The minimum atomic E-state index is -3.76. The molecule has 3 atom stereocenters. The molecule has 0 saturated carbocycles. The smallest absolute Gasteiger partial charge is 0.329 e. The first-order valence-corrected chi connectivity index (χ1v) is 17.0. The van der Waals surface area contributed by atoms with E-state index in [1.165, 1.54) is 70.6 Å². The number of esters is 1. The Bertz CT molecular complexity index is 573. The summed E-state index contributed by atoms with van der Waals surface area (Å²) in [5, 5.41) is 0. The van der Waals surface area contributed by atoms with Gasteiger partial charge in [-0.25, -0.2) is 0 Å². The van der Waals surface area contributed by atoms with Crippen molar-refractivity contribution in [1.29, 1.82) is 0 Å². The monoisotopic (exact) mass is 549 g/mol. The highest BCUT2D eigenvalue weighted by Crippen LogP contribution is 2.41. The molecule has 37 heavy (non-hydrogen) atoms. The molecule has 0 aromatic heterocycles. The van der Waals surface area contributed by atoms with Gasteiger partial charge in [-0.3, -0.25) is 9.36 Å². The van der Waals surface area contributed by atoms with Crippen LogP contribution >= 0.6 is 7.60 Å². The maximum Gasteiger partial charge on any atom is 0.329 e. The van der Waals surface area contributed by atoms with Crippen LogP contribution in [0.5, 0.6) is 0 Å². The number of rotatable bonds is 27. The van der Waals surface area contributed by atoms with Gasteiger partial charge in [0, 0.05) is 19.6 Å². The lowest BCUT2D eigenvalue weighted by Crippen LogP contribution is -2.29. The zero-order valence-electron chi connectivity index (χ0n) is 24.9. The van der Waals surface area contributed by atoms with Crippen LogP contribution in [0.4, 0.5) is 0 Å². The highest BCUT2D eigenvalue weighted by molar-refractivity contribution is 7.52. The number of unbranched alkanes of at least 4 members (excludes halogenated alkanes) is 9. The maximum absolute atomic E-state index is 12.4. The standard InChI is InChI=1S/C29H60NO6P/c1-6-11-12-13-14-15-16-17-18-19-20-27(7-2)21-23-34-25-28(36-29(31)8-3)26-35-37(32,33)24-22-30(9-4)10-5/h27-28H,6-26H2,1-5H3,(H,32,33). The molecule has 0 radical (unpaired) electrons. The van der Waals surface area contributed by atoms with Gasteiger partial charge in [-0.15, -0.1) is 0 Å².